The molecule has 2 aromatic carbocycles. The van der Waals surface area contributed by atoms with Crippen LogP contribution in [0.1, 0.15) is 6.42 Å². The maximum atomic E-state index is 3.57. The Kier molecular flexibility index (Phi) is 3.80. The third-order valence-electron chi connectivity index (χ3n) is 3.42. The summed E-state index contributed by atoms with van der Waals surface area (Å²) < 4.78 is 1.14. The van der Waals surface area contributed by atoms with Gasteiger partial charge in [-0.05, 0) is 58.9 Å². The molecule has 0 aromatic heterocycles. The molecule has 0 aliphatic carbocycles. The zero-order valence-corrected chi connectivity index (χ0v) is 12.6. The molecule has 0 amide bonds. The van der Waals surface area contributed by atoms with Gasteiger partial charge in [0.15, 0.2) is 0 Å². The lowest BCUT2D eigenvalue weighted by molar-refractivity contribution is 0.632. The quantitative estimate of drug-likeness (QED) is 0.874. The number of hydrogen-bond donors (Lipinski definition) is 1. The summed E-state index contributed by atoms with van der Waals surface area (Å²) in [4.78, 5) is 0. The first-order valence-electron chi connectivity index (χ1n) is 6.32. The van der Waals surface area contributed by atoms with Crippen LogP contribution in [0, 0.1) is 5.92 Å². The smallest absolute Gasteiger partial charge is 0.0346 e. The van der Waals surface area contributed by atoms with Crippen LogP contribution in [-0.2, 0) is 0 Å². The van der Waals surface area contributed by atoms with E-state index in [0.29, 0.717) is 0 Å². The highest BCUT2D eigenvalue weighted by molar-refractivity contribution is 9.10. The first-order chi connectivity index (χ1) is 8.81. The molecule has 2 aromatic rings. The van der Waals surface area contributed by atoms with Gasteiger partial charge in [-0.25, -0.2) is 0 Å². The molecular formula is C15H16BrNS. The molecule has 1 nitrogen and oxygen atoms in total. The second-order valence-corrected chi connectivity index (χ2v) is 6.88. The highest BCUT2D eigenvalue weighted by Crippen LogP contribution is 2.25. The van der Waals surface area contributed by atoms with E-state index in [4.69, 9.17) is 0 Å². The monoisotopic (exact) mass is 321 g/mol. The van der Waals surface area contributed by atoms with Crippen molar-refractivity contribution in [2.24, 2.45) is 5.92 Å². The number of benzene rings is 2. The Bertz CT molecular complexity index is 549. The molecule has 1 atom stereocenters. The van der Waals surface area contributed by atoms with E-state index in [-0.39, 0.29) is 0 Å². The van der Waals surface area contributed by atoms with Crippen LogP contribution in [0.2, 0.25) is 0 Å². The van der Waals surface area contributed by atoms with E-state index < -0.39 is 0 Å². The number of rotatable bonds is 3. The summed E-state index contributed by atoms with van der Waals surface area (Å²) in [6, 6.07) is 13.0. The highest BCUT2D eigenvalue weighted by Gasteiger charge is 2.14. The molecule has 3 heteroatoms. The highest BCUT2D eigenvalue weighted by atomic mass is 79.9. The second kappa shape index (κ2) is 5.54. The molecule has 1 unspecified atom stereocenters. The minimum Gasteiger partial charge on any atom is -0.385 e. The molecule has 0 saturated carbocycles. The van der Waals surface area contributed by atoms with E-state index >= 15 is 0 Å². The van der Waals surface area contributed by atoms with Crippen LogP contribution in [0.5, 0.6) is 0 Å². The van der Waals surface area contributed by atoms with Crippen molar-refractivity contribution in [3.05, 3.63) is 40.9 Å². The summed E-state index contributed by atoms with van der Waals surface area (Å²) >= 11 is 5.58. The normalized spacial score (nSPS) is 19.3. The van der Waals surface area contributed by atoms with Gasteiger partial charge < -0.3 is 5.32 Å². The van der Waals surface area contributed by atoms with Gasteiger partial charge in [0, 0.05) is 16.7 Å². The fourth-order valence-electron chi connectivity index (χ4n) is 2.33. The molecule has 0 bridgehead atoms. The summed E-state index contributed by atoms with van der Waals surface area (Å²) in [7, 11) is 0. The fourth-order valence-corrected chi connectivity index (χ4v) is 4.00. The van der Waals surface area contributed by atoms with Gasteiger partial charge in [0.05, 0.1) is 0 Å². The molecule has 1 saturated heterocycles. The Balaban J connectivity index is 1.74. The molecule has 3 rings (SSSR count). The van der Waals surface area contributed by atoms with Crippen molar-refractivity contribution >= 4 is 44.2 Å². The van der Waals surface area contributed by atoms with Crippen molar-refractivity contribution in [1.82, 2.24) is 0 Å². The third-order valence-corrected chi connectivity index (χ3v) is 5.15. The van der Waals surface area contributed by atoms with Crippen LogP contribution in [0.25, 0.3) is 10.8 Å². The van der Waals surface area contributed by atoms with Gasteiger partial charge in [-0.1, -0.05) is 28.1 Å². The van der Waals surface area contributed by atoms with E-state index in [0.717, 1.165) is 16.9 Å². The van der Waals surface area contributed by atoms with Crippen LogP contribution >= 0.6 is 27.7 Å². The van der Waals surface area contributed by atoms with Crippen LogP contribution < -0.4 is 5.32 Å². The molecule has 1 N–H and O–H groups in total. The molecule has 94 valence electrons. The van der Waals surface area contributed by atoms with Gasteiger partial charge in [-0.3, -0.25) is 0 Å². The lowest BCUT2D eigenvalue weighted by Gasteiger charge is -2.12. The van der Waals surface area contributed by atoms with E-state index in [1.165, 1.54) is 34.4 Å². The average molecular weight is 322 g/mol. The summed E-state index contributed by atoms with van der Waals surface area (Å²) in [5.41, 5.74) is 1.24. The minimum absolute atomic E-state index is 0.843. The third kappa shape index (κ3) is 2.83. The summed E-state index contributed by atoms with van der Waals surface area (Å²) in [5, 5.41) is 6.15. The van der Waals surface area contributed by atoms with Gasteiger partial charge in [0.25, 0.3) is 0 Å². The first-order valence-corrected chi connectivity index (χ1v) is 8.27. The Morgan fingerprint density at radius 3 is 2.83 bits per heavy atom. The van der Waals surface area contributed by atoms with Crippen molar-refractivity contribution in [3.63, 3.8) is 0 Å². The lowest BCUT2D eigenvalue weighted by atomic mass is 10.1. The summed E-state index contributed by atoms with van der Waals surface area (Å²) in [6.45, 7) is 1.11. The van der Waals surface area contributed by atoms with Gasteiger partial charge in [-0.15, -0.1) is 0 Å². The standard InChI is InChI=1S/C15H16BrNS/c16-14-3-1-13-8-15(4-2-12(13)7-14)17-9-11-5-6-18-10-11/h1-4,7-8,11,17H,5-6,9-10H2. The molecule has 0 spiro atoms. The number of halogens is 1. The largest absolute Gasteiger partial charge is 0.385 e. The van der Waals surface area contributed by atoms with Crippen molar-refractivity contribution in [1.29, 1.82) is 0 Å². The van der Waals surface area contributed by atoms with Crippen LogP contribution in [0.15, 0.2) is 40.9 Å². The molecule has 1 heterocycles. The molecule has 1 aliphatic heterocycles. The number of nitrogens with one attached hydrogen (secondary N) is 1. The maximum Gasteiger partial charge on any atom is 0.0346 e. The fraction of sp³-hybridized carbons (Fsp3) is 0.333. The average Bonchev–Trinajstić information content (AvgIpc) is 2.89. The van der Waals surface area contributed by atoms with Crippen LogP contribution in [0.3, 0.4) is 0 Å². The van der Waals surface area contributed by atoms with Gasteiger partial charge in [0.1, 0.15) is 0 Å². The number of hydrogen-bond acceptors (Lipinski definition) is 2. The molecule has 1 fully saturated rings. The molecular weight excluding hydrogens is 306 g/mol. The zero-order chi connectivity index (χ0) is 12.4. The number of thioether (sulfide) groups is 1. The van der Waals surface area contributed by atoms with Gasteiger partial charge >= 0.3 is 0 Å². The van der Waals surface area contributed by atoms with Crippen molar-refractivity contribution in [2.75, 3.05) is 23.4 Å². The minimum atomic E-state index is 0.843. The molecule has 18 heavy (non-hydrogen) atoms. The van der Waals surface area contributed by atoms with Crippen molar-refractivity contribution in [2.45, 2.75) is 6.42 Å². The van der Waals surface area contributed by atoms with E-state index in [9.17, 15) is 0 Å². The Labute approximate surface area is 120 Å². The van der Waals surface area contributed by atoms with Crippen molar-refractivity contribution in [3.8, 4) is 0 Å². The number of fused-ring (bicyclic) bond motifs is 1. The van der Waals surface area contributed by atoms with Crippen LogP contribution in [0.4, 0.5) is 5.69 Å². The predicted octanol–water partition coefficient (Wildman–Crippen LogP) is 4.77. The predicted molar refractivity (Wildman–Crippen MR) is 85.6 cm³/mol. The van der Waals surface area contributed by atoms with E-state index in [1.807, 2.05) is 0 Å². The first kappa shape index (κ1) is 12.4. The Morgan fingerprint density at radius 1 is 1.17 bits per heavy atom. The zero-order valence-electron chi connectivity index (χ0n) is 10.2. The Morgan fingerprint density at radius 2 is 2.00 bits per heavy atom. The second-order valence-electron chi connectivity index (χ2n) is 4.82. The van der Waals surface area contributed by atoms with Crippen molar-refractivity contribution < 1.29 is 0 Å². The molecule has 0 radical (unpaired) electrons. The summed E-state index contributed by atoms with van der Waals surface area (Å²) in [5.74, 6) is 3.49. The number of anilines is 1. The summed E-state index contributed by atoms with van der Waals surface area (Å²) in [6.07, 6.45) is 1.36. The topological polar surface area (TPSA) is 12.0 Å². The van der Waals surface area contributed by atoms with Gasteiger partial charge in [0.2, 0.25) is 0 Å². The van der Waals surface area contributed by atoms with Gasteiger partial charge in [-0.2, -0.15) is 11.8 Å². The molecule has 1 aliphatic rings. The Hall–Kier alpha value is -0.670. The lowest BCUT2D eigenvalue weighted by Crippen LogP contribution is -2.13. The van der Waals surface area contributed by atoms with Crippen LogP contribution in [-0.4, -0.2) is 18.1 Å². The SMILES string of the molecule is Brc1ccc2cc(NCC3CCSC3)ccc2c1. The maximum absolute atomic E-state index is 3.57. The van der Waals surface area contributed by atoms with E-state index in [1.54, 1.807) is 0 Å². The van der Waals surface area contributed by atoms with E-state index in [2.05, 4.69) is 69.4 Å².